The normalized spacial score (nSPS) is 16.9. The van der Waals surface area contributed by atoms with Gasteiger partial charge in [0.05, 0.1) is 25.3 Å². The number of carbonyl (C=O) groups excluding carboxylic acids is 1. The van der Waals surface area contributed by atoms with Gasteiger partial charge in [0.15, 0.2) is 0 Å². The molecule has 1 aromatic carbocycles. The maximum Gasteiger partial charge on any atom is 0.237 e. The van der Waals surface area contributed by atoms with Crippen molar-refractivity contribution in [1.82, 2.24) is 9.80 Å². The van der Waals surface area contributed by atoms with Crippen molar-refractivity contribution in [3.63, 3.8) is 0 Å². The molecule has 3 rings (SSSR count). The molecule has 0 saturated heterocycles. The van der Waals surface area contributed by atoms with E-state index in [0.29, 0.717) is 25.4 Å². The van der Waals surface area contributed by atoms with Gasteiger partial charge in [-0.3, -0.25) is 9.69 Å². The lowest BCUT2D eigenvalue weighted by molar-refractivity contribution is -0.136. The molecule has 0 saturated carbocycles. The monoisotopic (exact) mass is 450 g/mol. The van der Waals surface area contributed by atoms with E-state index in [2.05, 4.69) is 13.0 Å². The average molecular weight is 451 g/mol. The van der Waals surface area contributed by atoms with Crippen molar-refractivity contribution in [2.24, 2.45) is 0 Å². The van der Waals surface area contributed by atoms with Crippen LogP contribution in [0.1, 0.15) is 29.8 Å². The van der Waals surface area contributed by atoms with Crippen LogP contribution in [0.3, 0.4) is 0 Å². The van der Waals surface area contributed by atoms with Gasteiger partial charge in [0.25, 0.3) is 0 Å². The van der Waals surface area contributed by atoms with Gasteiger partial charge in [0, 0.05) is 25.1 Å². The van der Waals surface area contributed by atoms with Crippen molar-refractivity contribution in [2.75, 3.05) is 46.5 Å². The number of hydrogen-bond donors (Lipinski definition) is 1. The summed E-state index contributed by atoms with van der Waals surface area (Å²) in [6, 6.07) is 7.79. The minimum Gasteiger partial charge on any atom is -0.491 e. The van der Waals surface area contributed by atoms with Crippen LogP contribution in [0.5, 0.6) is 5.75 Å². The van der Waals surface area contributed by atoms with Crippen molar-refractivity contribution in [3.05, 3.63) is 52.0 Å². The van der Waals surface area contributed by atoms with Crippen LogP contribution in [-0.2, 0) is 16.0 Å². The third-order valence-corrected chi connectivity index (χ3v) is 6.36. The maximum absolute atomic E-state index is 13.3. The molecule has 1 amide bonds. The van der Waals surface area contributed by atoms with E-state index in [1.165, 1.54) is 17.0 Å². The zero-order chi connectivity index (χ0) is 22.2. The first-order valence-corrected chi connectivity index (χ1v) is 11.5. The number of ether oxygens (including phenoxy) is 2. The van der Waals surface area contributed by atoms with Crippen LogP contribution in [0.4, 0.5) is 4.39 Å². The van der Waals surface area contributed by atoms with E-state index >= 15 is 0 Å². The van der Waals surface area contributed by atoms with E-state index in [0.717, 1.165) is 24.9 Å². The fraction of sp³-hybridized carbons (Fsp3) is 0.522. The van der Waals surface area contributed by atoms with Gasteiger partial charge in [-0.2, -0.15) is 0 Å². The van der Waals surface area contributed by atoms with Crippen LogP contribution < -0.4 is 4.74 Å². The molecule has 0 fully saturated rings. The summed E-state index contributed by atoms with van der Waals surface area (Å²) in [5.74, 6) is 0.280. The first-order valence-electron chi connectivity index (χ1n) is 10.6. The smallest absolute Gasteiger partial charge is 0.237 e. The molecule has 0 spiro atoms. The highest BCUT2D eigenvalue weighted by Gasteiger charge is 2.33. The van der Waals surface area contributed by atoms with Crippen LogP contribution >= 0.6 is 11.3 Å². The Morgan fingerprint density at radius 2 is 2.13 bits per heavy atom. The lowest BCUT2D eigenvalue weighted by atomic mass is 10.0. The zero-order valence-corrected chi connectivity index (χ0v) is 18.9. The second-order valence-electron chi connectivity index (χ2n) is 7.76. The molecule has 0 radical (unpaired) electrons. The lowest BCUT2D eigenvalue weighted by Gasteiger charge is -2.37. The average Bonchev–Trinajstić information content (AvgIpc) is 3.22. The number of benzene rings is 1. The summed E-state index contributed by atoms with van der Waals surface area (Å²) >= 11 is 1.70. The van der Waals surface area contributed by atoms with Gasteiger partial charge in [-0.1, -0.05) is 6.92 Å². The first kappa shape index (κ1) is 23.7. The first-order chi connectivity index (χ1) is 15.0. The lowest BCUT2D eigenvalue weighted by Crippen LogP contribution is -2.48. The topological polar surface area (TPSA) is 62.2 Å². The molecule has 2 heterocycles. The Bertz CT molecular complexity index is 829. The van der Waals surface area contributed by atoms with Gasteiger partial charge in [0.1, 0.15) is 18.2 Å². The van der Waals surface area contributed by atoms with Gasteiger partial charge >= 0.3 is 0 Å². The molecule has 1 aromatic heterocycles. The summed E-state index contributed by atoms with van der Waals surface area (Å²) < 4.78 is 24.1. The molecule has 6 nitrogen and oxygen atoms in total. The molecule has 2 aromatic rings. The zero-order valence-electron chi connectivity index (χ0n) is 18.1. The van der Waals surface area contributed by atoms with Crippen LogP contribution in [0.25, 0.3) is 0 Å². The van der Waals surface area contributed by atoms with Gasteiger partial charge in [-0.25, -0.2) is 4.39 Å². The molecule has 1 aliphatic rings. The largest absolute Gasteiger partial charge is 0.491 e. The number of thiophene rings is 1. The minimum atomic E-state index is -0.633. The fourth-order valence-electron chi connectivity index (χ4n) is 3.96. The molecule has 0 aliphatic carbocycles. The van der Waals surface area contributed by atoms with Crippen LogP contribution in [0, 0.1) is 5.82 Å². The second kappa shape index (κ2) is 11.6. The highest BCUT2D eigenvalue weighted by atomic mass is 32.1. The molecule has 8 heteroatoms. The van der Waals surface area contributed by atoms with Crippen LogP contribution in [0.15, 0.2) is 35.7 Å². The molecule has 0 unspecified atom stereocenters. The summed E-state index contributed by atoms with van der Waals surface area (Å²) in [6.07, 6.45) is 1.08. The number of fused-ring (bicyclic) bond motifs is 1. The number of halogens is 1. The van der Waals surface area contributed by atoms with Gasteiger partial charge < -0.3 is 19.5 Å². The Morgan fingerprint density at radius 1 is 1.35 bits per heavy atom. The van der Waals surface area contributed by atoms with E-state index in [1.54, 1.807) is 30.6 Å². The van der Waals surface area contributed by atoms with Gasteiger partial charge in [-0.15, -0.1) is 11.3 Å². The predicted molar refractivity (Wildman–Crippen MR) is 119 cm³/mol. The third kappa shape index (κ3) is 6.49. The third-order valence-electron chi connectivity index (χ3n) is 5.36. The summed E-state index contributed by atoms with van der Waals surface area (Å²) in [4.78, 5) is 18.4. The Balaban J connectivity index is 1.70. The molecule has 0 bridgehead atoms. The molecule has 170 valence electrons. The maximum atomic E-state index is 13.3. The Morgan fingerprint density at radius 3 is 2.84 bits per heavy atom. The van der Waals surface area contributed by atoms with E-state index < -0.39 is 6.10 Å². The summed E-state index contributed by atoms with van der Waals surface area (Å²) in [6.45, 7) is 4.58. The van der Waals surface area contributed by atoms with Crippen molar-refractivity contribution in [2.45, 2.75) is 31.9 Å². The SMILES string of the molecule is CCCN(CC(=O)N1CCc2sccc2[C@@H]1COc1ccc(F)cc1)C[C@@H](O)COC. The number of carbonyl (C=O) groups is 1. The number of amides is 1. The summed E-state index contributed by atoms with van der Waals surface area (Å²) in [5.41, 5.74) is 1.12. The number of aliphatic hydroxyl groups excluding tert-OH is 1. The van der Waals surface area contributed by atoms with Crippen molar-refractivity contribution >= 4 is 17.2 Å². The standard InChI is InChI=1S/C23H31FN2O4S/c1-3-10-25(13-18(27)15-29-2)14-23(28)26-11-8-22-20(9-12-31-22)21(26)16-30-19-6-4-17(24)5-7-19/h4-7,9,12,18,21,27H,3,8,10-11,13-16H2,1-2H3/t18-,21+/m1/s1. The van der Waals surface area contributed by atoms with Crippen molar-refractivity contribution < 1.29 is 23.8 Å². The van der Waals surface area contributed by atoms with Crippen LogP contribution in [-0.4, -0.2) is 73.4 Å². The highest BCUT2D eigenvalue weighted by molar-refractivity contribution is 7.10. The number of rotatable bonds is 11. The Labute approximate surface area is 187 Å². The van der Waals surface area contributed by atoms with Gasteiger partial charge in [-0.05, 0) is 60.7 Å². The van der Waals surface area contributed by atoms with Gasteiger partial charge in [0.2, 0.25) is 5.91 Å². The number of aliphatic hydroxyl groups is 1. The van der Waals surface area contributed by atoms with E-state index in [-0.39, 0.29) is 30.9 Å². The Kier molecular flexibility index (Phi) is 8.83. The van der Waals surface area contributed by atoms with E-state index in [1.807, 2.05) is 15.2 Å². The molecular formula is C23H31FN2O4S. The summed E-state index contributed by atoms with van der Waals surface area (Å²) in [5, 5.41) is 12.2. The van der Waals surface area contributed by atoms with E-state index in [9.17, 15) is 14.3 Å². The van der Waals surface area contributed by atoms with Crippen LogP contribution in [0.2, 0.25) is 0 Å². The highest BCUT2D eigenvalue weighted by Crippen LogP contribution is 2.34. The molecule has 1 N–H and O–H groups in total. The number of hydrogen-bond acceptors (Lipinski definition) is 6. The van der Waals surface area contributed by atoms with Crippen molar-refractivity contribution in [3.8, 4) is 5.75 Å². The number of nitrogens with zero attached hydrogens (tertiary/aromatic N) is 2. The molecule has 1 aliphatic heterocycles. The predicted octanol–water partition coefficient (Wildman–Crippen LogP) is 3.11. The van der Waals surface area contributed by atoms with Crippen molar-refractivity contribution in [1.29, 1.82) is 0 Å². The molecular weight excluding hydrogens is 419 g/mol. The molecule has 2 atom stereocenters. The second-order valence-corrected chi connectivity index (χ2v) is 8.76. The minimum absolute atomic E-state index is 0.0163. The summed E-state index contributed by atoms with van der Waals surface area (Å²) in [7, 11) is 1.55. The molecule has 31 heavy (non-hydrogen) atoms. The number of methoxy groups -OCH3 is 1. The Hall–Kier alpha value is -2.00. The quantitative estimate of drug-likeness (QED) is 0.570. The van der Waals surface area contributed by atoms with E-state index in [4.69, 9.17) is 9.47 Å². The fourth-order valence-corrected chi connectivity index (χ4v) is 4.89.